The number of urea groups is 1. The SMILES string of the molecule is C[NH+](CC(=O)NN1C(=O)N[C@@](C)(c2ccccc2)C1=O)Cc1cccs1. The van der Waals surface area contributed by atoms with Crippen LogP contribution in [-0.2, 0) is 21.7 Å². The molecule has 1 aromatic heterocycles. The van der Waals surface area contributed by atoms with Crippen molar-refractivity contribution in [2.45, 2.75) is 19.0 Å². The number of nitrogens with one attached hydrogen (secondary N) is 3. The van der Waals surface area contributed by atoms with Crippen LogP contribution >= 0.6 is 11.3 Å². The fourth-order valence-electron chi connectivity index (χ4n) is 2.92. The average Bonchev–Trinajstić information content (AvgIpc) is 3.18. The number of likely N-dealkylation sites (N-methyl/N-ethyl adjacent to an activating group) is 1. The summed E-state index contributed by atoms with van der Waals surface area (Å²) >= 11 is 1.63. The Balaban J connectivity index is 1.63. The standard InChI is InChI=1S/C18H20N4O3S/c1-18(13-7-4-3-5-8-13)16(24)22(17(25)19-18)20-15(23)12-21(2)11-14-9-6-10-26-14/h3-10H,11-12H2,1-2H3,(H,19,25)(H,20,23)/p+1/t18-/m0/s1. The number of hydrogen-bond acceptors (Lipinski definition) is 4. The summed E-state index contributed by atoms with van der Waals surface area (Å²) < 4.78 is 0. The van der Waals surface area contributed by atoms with Gasteiger partial charge in [-0.15, -0.1) is 11.3 Å². The first-order chi connectivity index (χ1) is 12.4. The van der Waals surface area contributed by atoms with E-state index in [4.69, 9.17) is 0 Å². The Kier molecular flexibility index (Phi) is 5.06. The maximum absolute atomic E-state index is 12.7. The number of carbonyl (C=O) groups is 3. The van der Waals surface area contributed by atoms with Gasteiger partial charge in [0.05, 0.1) is 11.9 Å². The summed E-state index contributed by atoms with van der Waals surface area (Å²) in [5.74, 6) is -0.891. The van der Waals surface area contributed by atoms with E-state index in [2.05, 4.69) is 10.7 Å². The second-order valence-corrected chi connectivity index (χ2v) is 7.52. The molecule has 0 spiro atoms. The summed E-state index contributed by atoms with van der Waals surface area (Å²) in [6.07, 6.45) is 0. The summed E-state index contributed by atoms with van der Waals surface area (Å²) in [4.78, 5) is 39.4. The molecule has 3 rings (SSSR count). The van der Waals surface area contributed by atoms with Gasteiger partial charge in [-0.1, -0.05) is 36.4 Å². The lowest BCUT2D eigenvalue weighted by atomic mass is 9.92. The van der Waals surface area contributed by atoms with Crippen molar-refractivity contribution >= 4 is 29.2 Å². The minimum atomic E-state index is -1.19. The van der Waals surface area contributed by atoms with Crippen molar-refractivity contribution < 1.29 is 19.3 Å². The van der Waals surface area contributed by atoms with E-state index < -0.39 is 17.5 Å². The van der Waals surface area contributed by atoms with Gasteiger partial charge in [-0.05, 0) is 23.9 Å². The molecule has 1 fully saturated rings. The van der Waals surface area contributed by atoms with Gasteiger partial charge in [-0.2, -0.15) is 5.01 Å². The predicted octanol–water partition coefficient (Wildman–Crippen LogP) is 0.261. The molecule has 7 nitrogen and oxygen atoms in total. The van der Waals surface area contributed by atoms with E-state index in [-0.39, 0.29) is 12.5 Å². The van der Waals surface area contributed by atoms with Gasteiger partial charge in [0, 0.05) is 0 Å². The number of hydrogen-bond donors (Lipinski definition) is 3. The van der Waals surface area contributed by atoms with Crippen LogP contribution in [-0.4, -0.2) is 36.4 Å². The predicted molar refractivity (Wildman–Crippen MR) is 97.1 cm³/mol. The number of quaternary nitrogens is 1. The lowest BCUT2D eigenvalue weighted by Gasteiger charge is -2.22. The molecule has 4 amide bonds. The molecule has 136 valence electrons. The summed E-state index contributed by atoms with van der Waals surface area (Å²) in [5.41, 5.74) is 1.90. The number of hydrazine groups is 1. The maximum atomic E-state index is 12.7. The van der Waals surface area contributed by atoms with Gasteiger partial charge in [-0.3, -0.25) is 15.0 Å². The molecular formula is C18H21N4O3S+. The minimum absolute atomic E-state index is 0.150. The van der Waals surface area contributed by atoms with E-state index in [1.807, 2.05) is 30.6 Å². The van der Waals surface area contributed by atoms with Gasteiger partial charge < -0.3 is 10.2 Å². The number of amides is 4. The fraction of sp³-hybridized carbons (Fsp3) is 0.278. The Morgan fingerprint density at radius 2 is 1.96 bits per heavy atom. The van der Waals surface area contributed by atoms with Crippen molar-refractivity contribution in [3.8, 4) is 0 Å². The first-order valence-electron chi connectivity index (χ1n) is 8.25. The molecule has 0 bridgehead atoms. The molecule has 8 heteroatoms. The minimum Gasteiger partial charge on any atom is -0.325 e. The third kappa shape index (κ3) is 3.61. The Labute approximate surface area is 155 Å². The van der Waals surface area contributed by atoms with Crippen LogP contribution < -0.4 is 15.6 Å². The smallest absolute Gasteiger partial charge is 0.325 e. The number of nitrogens with zero attached hydrogens (tertiary/aromatic N) is 1. The quantitative estimate of drug-likeness (QED) is 0.636. The van der Waals surface area contributed by atoms with E-state index in [0.717, 1.165) is 9.91 Å². The van der Waals surface area contributed by atoms with E-state index in [9.17, 15) is 14.4 Å². The normalized spacial score (nSPS) is 20.8. The van der Waals surface area contributed by atoms with Crippen LogP contribution in [0.5, 0.6) is 0 Å². The zero-order valence-electron chi connectivity index (χ0n) is 14.6. The van der Waals surface area contributed by atoms with Crippen molar-refractivity contribution in [2.75, 3.05) is 13.6 Å². The molecule has 1 aliphatic heterocycles. The molecule has 26 heavy (non-hydrogen) atoms. The van der Waals surface area contributed by atoms with Crippen LogP contribution in [0.1, 0.15) is 17.4 Å². The first-order valence-corrected chi connectivity index (χ1v) is 9.13. The van der Waals surface area contributed by atoms with Crippen LogP contribution in [0.15, 0.2) is 47.8 Å². The molecular weight excluding hydrogens is 352 g/mol. The van der Waals surface area contributed by atoms with Gasteiger partial charge in [-0.25, -0.2) is 4.79 Å². The average molecular weight is 373 g/mol. The lowest BCUT2D eigenvalue weighted by molar-refractivity contribution is -0.885. The molecule has 0 aliphatic carbocycles. The molecule has 3 N–H and O–H groups in total. The number of rotatable bonds is 6. The summed E-state index contributed by atoms with van der Waals surface area (Å²) in [5, 5.41) is 5.42. The second kappa shape index (κ2) is 7.27. The van der Waals surface area contributed by atoms with E-state index >= 15 is 0 Å². The van der Waals surface area contributed by atoms with Gasteiger partial charge >= 0.3 is 6.03 Å². The van der Waals surface area contributed by atoms with Crippen LogP contribution in [0.4, 0.5) is 4.79 Å². The fourth-order valence-corrected chi connectivity index (χ4v) is 3.74. The monoisotopic (exact) mass is 373 g/mol. The van der Waals surface area contributed by atoms with Crippen LogP contribution in [0.2, 0.25) is 0 Å². The Morgan fingerprint density at radius 3 is 2.62 bits per heavy atom. The molecule has 0 radical (unpaired) electrons. The second-order valence-electron chi connectivity index (χ2n) is 6.49. The third-order valence-electron chi connectivity index (χ3n) is 4.30. The molecule has 1 aromatic carbocycles. The summed E-state index contributed by atoms with van der Waals surface area (Å²) in [7, 11) is 1.89. The summed E-state index contributed by atoms with van der Waals surface area (Å²) in [6, 6.07) is 12.3. The Morgan fingerprint density at radius 1 is 1.23 bits per heavy atom. The van der Waals surface area contributed by atoms with Crippen LogP contribution in [0.3, 0.4) is 0 Å². The van der Waals surface area contributed by atoms with Crippen LogP contribution in [0.25, 0.3) is 0 Å². The first kappa shape index (κ1) is 18.1. The molecule has 1 aliphatic rings. The topological polar surface area (TPSA) is 82.9 Å². The maximum Gasteiger partial charge on any atom is 0.344 e. The van der Waals surface area contributed by atoms with Gasteiger partial charge in [0.25, 0.3) is 11.8 Å². The van der Waals surface area contributed by atoms with Gasteiger partial charge in [0.2, 0.25) is 0 Å². The molecule has 2 atom stereocenters. The van der Waals surface area contributed by atoms with Crippen molar-refractivity contribution in [2.24, 2.45) is 0 Å². The number of carbonyl (C=O) groups excluding carboxylic acids is 3. The van der Waals surface area contributed by atoms with Crippen molar-refractivity contribution in [1.82, 2.24) is 15.8 Å². The Bertz CT molecular complexity index is 809. The third-order valence-corrected chi connectivity index (χ3v) is 5.17. The van der Waals surface area contributed by atoms with Crippen LogP contribution in [0, 0.1) is 0 Å². The molecule has 2 aromatic rings. The highest BCUT2D eigenvalue weighted by molar-refractivity contribution is 7.09. The summed E-state index contributed by atoms with van der Waals surface area (Å²) in [6.45, 7) is 2.48. The molecule has 0 saturated carbocycles. The zero-order chi connectivity index (χ0) is 18.7. The molecule has 1 unspecified atom stereocenters. The van der Waals surface area contributed by atoms with E-state index in [1.165, 1.54) is 4.88 Å². The Hall–Kier alpha value is -2.71. The van der Waals surface area contributed by atoms with Crippen molar-refractivity contribution in [3.63, 3.8) is 0 Å². The highest BCUT2D eigenvalue weighted by Gasteiger charge is 2.50. The number of benzene rings is 1. The van der Waals surface area contributed by atoms with E-state index in [0.29, 0.717) is 12.1 Å². The van der Waals surface area contributed by atoms with Gasteiger partial charge in [0.15, 0.2) is 6.54 Å². The lowest BCUT2D eigenvalue weighted by Crippen LogP contribution is -3.09. The number of thiophene rings is 1. The van der Waals surface area contributed by atoms with Crippen molar-refractivity contribution in [1.29, 1.82) is 0 Å². The number of imide groups is 1. The molecule has 2 heterocycles. The van der Waals surface area contributed by atoms with Gasteiger partial charge in [0.1, 0.15) is 12.1 Å². The highest BCUT2D eigenvalue weighted by atomic mass is 32.1. The zero-order valence-corrected chi connectivity index (χ0v) is 15.4. The van der Waals surface area contributed by atoms with E-state index in [1.54, 1.807) is 42.5 Å². The molecule has 1 saturated heterocycles. The highest BCUT2D eigenvalue weighted by Crippen LogP contribution is 2.27. The largest absolute Gasteiger partial charge is 0.344 e. The van der Waals surface area contributed by atoms with Crippen molar-refractivity contribution in [3.05, 3.63) is 58.3 Å².